The van der Waals surface area contributed by atoms with Gasteiger partial charge in [-0.2, -0.15) is 4.40 Å². The zero-order valence-corrected chi connectivity index (χ0v) is 13.8. The van der Waals surface area contributed by atoms with Gasteiger partial charge in [-0.25, -0.2) is 15.0 Å². The SMILES string of the molecule is Cc1cc(C)nc(-c2c(C)cc(C)[n+]3c2[nH]c2ccccc23)n1. The van der Waals surface area contributed by atoms with Gasteiger partial charge in [0.2, 0.25) is 0 Å². The zero-order valence-electron chi connectivity index (χ0n) is 13.8. The number of aryl methyl sites for hydroxylation is 4. The summed E-state index contributed by atoms with van der Waals surface area (Å²) in [5.74, 6) is 0.782. The molecule has 0 amide bonds. The van der Waals surface area contributed by atoms with Gasteiger partial charge >= 0.3 is 0 Å². The van der Waals surface area contributed by atoms with E-state index in [4.69, 9.17) is 0 Å². The van der Waals surface area contributed by atoms with Crippen LogP contribution in [0.3, 0.4) is 0 Å². The third-order valence-corrected chi connectivity index (χ3v) is 4.24. The van der Waals surface area contributed by atoms with Crippen molar-refractivity contribution in [2.75, 3.05) is 0 Å². The van der Waals surface area contributed by atoms with Gasteiger partial charge < -0.3 is 0 Å². The number of aromatic nitrogens is 4. The Balaban J connectivity index is 2.18. The lowest BCUT2D eigenvalue weighted by Gasteiger charge is -2.07. The summed E-state index contributed by atoms with van der Waals surface area (Å²) in [6.45, 7) is 8.27. The lowest BCUT2D eigenvalue weighted by Crippen LogP contribution is -2.25. The van der Waals surface area contributed by atoms with Gasteiger partial charge in [0.25, 0.3) is 5.65 Å². The van der Waals surface area contributed by atoms with Crippen LogP contribution in [0.5, 0.6) is 0 Å². The lowest BCUT2D eigenvalue weighted by atomic mass is 10.1. The van der Waals surface area contributed by atoms with E-state index in [2.05, 4.69) is 57.5 Å². The van der Waals surface area contributed by atoms with Crippen LogP contribution in [0.25, 0.3) is 28.1 Å². The van der Waals surface area contributed by atoms with Gasteiger partial charge in [0.15, 0.2) is 16.9 Å². The fourth-order valence-electron chi connectivity index (χ4n) is 3.38. The number of imidazole rings is 1. The Kier molecular flexibility index (Phi) is 2.94. The first-order chi connectivity index (χ1) is 11.0. The Labute approximate surface area is 134 Å². The van der Waals surface area contributed by atoms with Crippen LogP contribution < -0.4 is 4.40 Å². The molecule has 0 aliphatic heterocycles. The van der Waals surface area contributed by atoms with Gasteiger partial charge in [-0.15, -0.1) is 0 Å². The monoisotopic (exact) mass is 303 g/mol. The minimum Gasteiger partial charge on any atom is -0.236 e. The predicted octanol–water partition coefficient (Wildman–Crippen LogP) is 3.60. The van der Waals surface area contributed by atoms with Crippen LogP contribution in [-0.4, -0.2) is 15.0 Å². The molecule has 4 heteroatoms. The fourth-order valence-corrected chi connectivity index (χ4v) is 3.38. The van der Waals surface area contributed by atoms with Crippen molar-refractivity contribution in [3.05, 3.63) is 59.0 Å². The smallest absolute Gasteiger partial charge is 0.236 e. The number of aromatic amines is 1. The van der Waals surface area contributed by atoms with Crippen LogP contribution in [-0.2, 0) is 0 Å². The molecule has 0 saturated heterocycles. The second-order valence-electron chi connectivity index (χ2n) is 6.14. The second-order valence-corrected chi connectivity index (χ2v) is 6.14. The van der Waals surface area contributed by atoms with Gasteiger partial charge in [0.05, 0.1) is 0 Å². The molecule has 0 bridgehead atoms. The van der Waals surface area contributed by atoms with E-state index in [-0.39, 0.29) is 0 Å². The molecule has 0 spiro atoms. The molecular formula is C19H19N4+. The number of fused-ring (bicyclic) bond motifs is 3. The van der Waals surface area contributed by atoms with Gasteiger partial charge in [-0.1, -0.05) is 12.1 Å². The number of rotatable bonds is 1. The highest BCUT2D eigenvalue weighted by atomic mass is 15.0. The summed E-state index contributed by atoms with van der Waals surface area (Å²) in [6.07, 6.45) is 0. The zero-order chi connectivity index (χ0) is 16.1. The van der Waals surface area contributed by atoms with Crippen molar-refractivity contribution in [3.8, 4) is 11.4 Å². The number of H-pyrrole nitrogens is 1. The Bertz CT molecular complexity index is 1040. The molecular weight excluding hydrogens is 284 g/mol. The molecule has 0 unspecified atom stereocenters. The molecule has 3 heterocycles. The molecule has 0 saturated carbocycles. The van der Waals surface area contributed by atoms with Crippen LogP contribution in [0, 0.1) is 27.7 Å². The van der Waals surface area contributed by atoms with E-state index in [1.165, 1.54) is 16.8 Å². The summed E-state index contributed by atoms with van der Waals surface area (Å²) in [6, 6.07) is 12.5. The molecule has 23 heavy (non-hydrogen) atoms. The summed E-state index contributed by atoms with van der Waals surface area (Å²) in [5.41, 5.74) is 8.76. The molecule has 4 nitrogen and oxygen atoms in total. The molecule has 1 aromatic carbocycles. The molecule has 1 N–H and O–H groups in total. The van der Waals surface area contributed by atoms with E-state index >= 15 is 0 Å². The first-order valence-electron chi connectivity index (χ1n) is 7.80. The minimum atomic E-state index is 0.782. The maximum atomic E-state index is 4.67. The quantitative estimate of drug-likeness (QED) is 0.546. The Hall–Kier alpha value is -2.75. The van der Waals surface area contributed by atoms with Crippen LogP contribution in [0.2, 0.25) is 0 Å². The van der Waals surface area contributed by atoms with Crippen LogP contribution in [0.4, 0.5) is 0 Å². The summed E-state index contributed by atoms with van der Waals surface area (Å²) in [7, 11) is 0. The molecule has 0 atom stereocenters. The van der Waals surface area contributed by atoms with Gasteiger partial charge in [-0.05, 0) is 57.5 Å². The van der Waals surface area contributed by atoms with E-state index in [0.717, 1.165) is 33.9 Å². The van der Waals surface area contributed by atoms with Crippen LogP contribution in [0.15, 0.2) is 36.4 Å². The average Bonchev–Trinajstić information content (AvgIpc) is 2.85. The Morgan fingerprint density at radius 2 is 1.61 bits per heavy atom. The minimum absolute atomic E-state index is 0.782. The average molecular weight is 303 g/mol. The Morgan fingerprint density at radius 3 is 2.35 bits per heavy atom. The van der Waals surface area contributed by atoms with Crippen molar-refractivity contribution in [2.45, 2.75) is 27.7 Å². The fraction of sp³-hybridized carbons (Fsp3) is 0.211. The van der Waals surface area contributed by atoms with Crippen molar-refractivity contribution in [3.63, 3.8) is 0 Å². The number of benzene rings is 1. The summed E-state index contributed by atoms with van der Waals surface area (Å²) in [5, 5.41) is 0. The maximum Gasteiger partial charge on any atom is 0.296 e. The number of hydrogen-bond acceptors (Lipinski definition) is 2. The highest BCUT2D eigenvalue weighted by Gasteiger charge is 2.22. The van der Waals surface area contributed by atoms with Crippen molar-refractivity contribution >= 4 is 16.7 Å². The highest BCUT2D eigenvalue weighted by Crippen LogP contribution is 2.26. The summed E-state index contributed by atoms with van der Waals surface area (Å²) in [4.78, 5) is 12.9. The third kappa shape index (κ3) is 2.10. The third-order valence-electron chi connectivity index (χ3n) is 4.24. The number of nitrogens with one attached hydrogen (secondary N) is 1. The molecule has 4 rings (SSSR count). The molecule has 0 aliphatic carbocycles. The van der Waals surface area contributed by atoms with Crippen molar-refractivity contribution in [1.82, 2.24) is 15.0 Å². The normalized spacial score (nSPS) is 11.5. The molecule has 3 aromatic heterocycles. The predicted molar refractivity (Wildman–Crippen MR) is 91.4 cm³/mol. The largest absolute Gasteiger partial charge is 0.296 e. The number of hydrogen-bond donors (Lipinski definition) is 1. The molecule has 0 radical (unpaired) electrons. The Morgan fingerprint density at radius 1 is 0.913 bits per heavy atom. The van der Waals surface area contributed by atoms with E-state index in [9.17, 15) is 0 Å². The first-order valence-corrected chi connectivity index (χ1v) is 7.80. The highest BCUT2D eigenvalue weighted by molar-refractivity contribution is 5.81. The number of nitrogens with zero attached hydrogens (tertiary/aromatic N) is 3. The number of para-hydroxylation sites is 2. The van der Waals surface area contributed by atoms with Crippen molar-refractivity contribution < 1.29 is 4.40 Å². The molecule has 114 valence electrons. The van der Waals surface area contributed by atoms with Gasteiger partial charge in [0.1, 0.15) is 11.3 Å². The molecule has 0 aliphatic rings. The van der Waals surface area contributed by atoms with E-state index in [0.29, 0.717) is 0 Å². The number of pyridine rings is 1. The van der Waals surface area contributed by atoms with Crippen LogP contribution in [0.1, 0.15) is 22.6 Å². The van der Waals surface area contributed by atoms with Gasteiger partial charge in [0, 0.05) is 11.4 Å². The first kappa shape index (κ1) is 13.9. The summed E-state index contributed by atoms with van der Waals surface area (Å²) >= 11 is 0. The van der Waals surface area contributed by atoms with Crippen molar-refractivity contribution in [1.29, 1.82) is 0 Å². The standard InChI is InChI=1S/C19H18N4/c1-11-9-14(4)23-16-8-6-5-7-15(16)22-19(23)17(11)18-20-12(2)10-13(3)21-18/h5-10H,1-4H3/p+1. The van der Waals surface area contributed by atoms with E-state index < -0.39 is 0 Å². The van der Waals surface area contributed by atoms with Crippen LogP contribution >= 0.6 is 0 Å². The van der Waals surface area contributed by atoms with E-state index in [1.54, 1.807) is 0 Å². The molecule has 0 fully saturated rings. The maximum absolute atomic E-state index is 4.67. The van der Waals surface area contributed by atoms with Crippen molar-refractivity contribution in [2.24, 2.45) is 0 Å². The van der Waals surface area contributed by atoms with Gasteiger partial charge in [-0.3, -0.25) is 0 Å². The molecule has 4 aromatic rings. The second kappa shape index (κ2) is 4.88. The summed E-state index contributed by atoms with van der Waals surface area (Å²) < 4.78 is 2.25. The topological polar surface area (TPSA) is 45.7 Å². The van der Waals surface area contributed by atoms with E-state index in [1.807, 2.05) is 26.0 Å². The lowest BCUT2D eigenvalue weighted by molar-refractivity contribution is -0.488.